The molecule has 5 aromatic rings. The van der Waals surface area contributed by atoms with Crippen LogP contribution >= 0.6 is 0 Å². The molecule has 56 heavy (non-hydrogen) atoms. The van der Waals surface area contributed by atoms with Crippen LogP contribution in [0.25, 0.3) is 28.0 Å². The van der Waals surface area contributed by atoms with Crippen molar-refractivity contribution in [1.29, 1.82) is 0 Å². The fourth-order valence-corrected chi connectivity index (χ4v) is 10.6. The van der Waals surface area contributed by atoms with Gasteiger partial charge in [-0.2, -0.15) is 13.2 Å². The van der Waals surface area contributed by atoms with Crippen LogP contribution in [0.15, 0.2) is 91.0 Å². The van der Waals surface area contributed by atoms with E-state index in [1.165, 1.54) is 37.1 Å². The predicted molar refractivity (Wildman–Crippen MR) is 219 cm³/mol. The summed E-state index contributed by atoms with van der Waals surface area (Å²) in [6.07, 6.45) is 9.09. The molecule has 1 atom stereocenters. The Morgan fingerprint density at radius 2 is 1.38 bits per heavy atom. The van der Waals surface area contributed by atoms with Gasteiger partial charge in [-0.05, 0) is 120 Å². The van der Waals surface area contributed by atoms with Gasteiger partial charge in [0.25, 0.3) is 0 Å². The highest BCUT2D eigenvalue weighted by atomic mass is 19.4. The number of piperidine rings is 1. The maximum Gasteiger partial charge on any atom is 0.416 e. The number of nitrogens with zero attached hydrogens (tertiary/aromatic N) is 1. The van der Waals surface area contributed by atoms with Gasteiger partial charge in [-0.15, -0.1) is 0 Å². The van der Waals surface area contributed by atoms with E-state index in [1.54, 1.807) is 20.3 Å². The zero-order chi connectivity index (χ0) is 38.9. The molecule has 1 saturated heterocycles. The zero-order valence-corrected chi connectivity index (χ0v) is 32.8. The summed E-state index contributed by atoms with van der Waals surface area (Å²) >= 11 is 0. The number of benzene rings is 5. The van der Waals surface area contributed by atoms with Crippen LogP contribution in [0.1, 0.15) is 105 Å². The average Bonchev–Trinajstić information content (AvgIpc) is 3.53. The molecule has 2 aliphatic heterocycles. The maximum absolute atomic E-state index is 14.6. The van der Waals surface area contributed by atoms with E-state index in [0.29, 0.717) is 17.2 Å². The van der Waals surface area contributed by atoms with Gasteiger partial charge >= 0.3 is 6.18 Å². The van der Waals surface area contributed by atoms with Gasteiger partial charge in [0.15, 0.2) is 17.1 Å². The lowest BCUT2D eigenvalue weighted by molar-refractivity contribution is -0.137. The normalized spacial score (nSPS) is 20.7. The van der Waals surface area contributed by atoms with Crippen LogP contribution in [-0.2, 0) is 17.2 Å². The van der Waals surface area contributed by atoms with E-state index in [1.807, 2.05) is 30.3 Å². The molecule has 1 saturated carbocycles. The third kappa shape index (κ3) is 5.54. The largest absolute Gasteiger partial charge is 0.493 e. The van der Waals surface area contributed by atoms with Gasteiger partial charge in [-0.1, -0.05) is 81.3 Å². The van der Waals surface area contributed by atoms with Crippen LogP contribution < -0.4 is 19.1 Å². The van der Waals surface area contributed by atoms with E-state index in [-0.39, 0.29) is 5.41 Å². The Hall–Kier alpha value is -4.91. The topological polar surface area (TPSA) is 30.9 Å². The average molecular weight is 758 g/mol. The Morgan fingerprint density at radius 1 is 0.732 bits per heavy atom. The van der Waals surface area contributed by atoms with Gasteiger partial charge in [-0.3, -0.25) is 0 Å². The van der Waals surface area contributed by atoms with Crippen molar-refractivity contribution in [2.75, 3.05) is 32.2 Å². The van der Waals surface area contributed by atoms with Crippen molar-refractivity contribution in [2.24, 2.45) is 5.41 Å². The van der Waals surface area contributed by atoms with Crippen LogP contribution in [0.2, 0.25) is 0 Å². The van der Waals surface area contributed by atoms with Gasteiger partial charge < -0.3 is 19.1 Å². The van der Waals surface area contributed by atoms with Crippen LogP contribution in [0.3, 0.4) is 0 Å². The van der Waals surface area contributed by atoms with E-state index < -0.39 is 22.8 Å². The quantitative estimate of drug-likeness (QED) is 0.165. The lowest BCUT2D eigenvalue weighted by atomic mass is 9.58. The second-order valence-corrected chi connectivity index (χ2v) is 16.4. The summed E-state index contributed by atoms with van der Waals surface area (Å²) in [5.41, 5.74) is 5.76. The van der Waals surface area contributed by atoms with Gasteiger partial charge in [-0.25, -0.2) is 0 Å². The molecule has 4 nitrogen and oxygen atoms in total. The highest BCUT2D eigenvalue weighted by molar-refractivity contribution is 6.09. The number of halogens is 3. The SMILES string of the molecule is CCC1(CC)CCC2(CC1)c1cc(C(F)(F)F)ccc1-c1c2c2c(c3cc(OC)c(OC)cc13)OC(c1ccccc1)(c1ccc(N3CCCCC3)cc1)C=C2. The fraction of sp³-hybridized carbons (Fsp3) is 0.388. The smallest absolute Gasteiger partial charge is 0.416 e. The molecule has 2 heterocycles. The molecule has 2 aliphatic carbocycles. The number of methoxy groups -OCH3 is 2. The van der Waals surface area contributed by atoms with Crippen molar-refractivity contribution in [1.82, 2.24) is 0 Å². The Bertz CT molecular complexity index is 2310. The van der Waals surface area contributed by atoms with Gasteiger partial charge in [0.1, 0.15) is 5.75 Å². The second kappa shape index (κ2) is 13.6. The molecule has 0 N–H and O–H groups in total. The molecule has 5 aromatic carbocycles. The molecule has 1 unspecified atom stereocenters. The molecule has 0 aromatic heterocycles. The number of rotatable bonds is 7. The van der Waals surface area contributed by atoms with Crippen LogP contribution in [0.5, 0.6) is 17.2 Å². The Balaban J connectivity index is 1.32. The van der Waals surface area contributed by atoms with Crippen LogP contribution in [0.4, 0.5) is 18.9 Å². The van der Waals surface area contributed by atoms with Crippen LogP contribution in [0, 0.1) is 5.41 Å². The number of alkyl halides is 3. The first-order valence-electron chi connectivity index (χ1n) is 20.4. The monoisotopic (exact) mass is 757 g/mol. The van der Waals surface area contributed by atoms with Crippen molar-refractivity contribution in [3.8, 4) is 28.4 Å². The zero-order valence-electron chi connectivity index (χ0n) is 32.8. The van der Waals surface area contributed by atoms with Crippen molar-refractivity contribution in [3.05, 3.63) is 124 Å². The molecule has 7 heteroatoms. The summed E-state index contributed by atoms with van der Waals surface area (Å²) < 4.78 is 63.1. The summed E-state index contributed by atoms with van der Waals surface area (Å²) in [7, 11) is 3.25. The summed E-state index contributed by atoms with van der Waals surface area (Å²) in [6.45, 7) is 6.63. The Morgan fingerprint density at radius 3 is 2.00 bits per heavy atom. The minimum absolute atomic E-state index is 0.165. The lowest BCUT2D eigenvalue weighted by Gasteiger charge is -2.47. The summed E-state index contributed by atoms with van der Waals surface area (Å²) in [6, 6.07) is 27.5. The molecular weight excluding hydrogens is 708 g/mol. The van der Waals surface area contributed by atoms with Crippen LogP contribution in [-0.4, -0.2) is 27.3 Å². The first-order valence-corrected chi connectivity index (χ1v) is 20.4. The van der Waals surface area contributed by atoms with E-state index in [9.17, 15) is 13.2 Å². The number of fused-ring (bicyclic) bond motifs is 10. The summed E-state index contributed by atoms with van der Waals surface area (Å²) in [4.78, 5) is 2.46. The minimum Gasteiger partial charge on any atom is -0.493 e. The molecule has 0 bridgehead atoms. The lowest BCUT2D eigenvalue weighted by Crippen LogP contribution is -2.38. The standard InChI is InChI=1S/C49H50F3NO3/c1-5-46(6-2)23-25-47(26-24-46)40-29-34(49(50,51)52)17-20-36(40)43-38-30-41(54-3)42(55-4)31-39(38)45-37(44(43)47)21-22-48(56-45,32-13-9-7-10-14-32)33-15-18-35(19-16-33)53-27-11-8-12-28-53/h7,9-10,13-22,29-31H,5-6,8,11-12,23-28H2,1-4H3. The molecule has 0 amide bonds. The van der Waals surface area contributed by atoms with Crippen molar-refractivity contribution in [3.63, 3.8) is 0 Å². The van der Waals surface area contributed by atoms with E-state index in [4.69, 9.17) is 14.2 Å². The molecular formula is C49H50F3NO3. The number of hydrogen-bond donors (Lipinski definition) is 0. The maximum atomic E-state index is 14.6. The predicted octanol–water partition coefficient (Wildman–Crippen LogP) is 12.9. The van der Waals surface area contributed by atoms with Crippen molar-refractivity contribution in [2.45, 2.75) is 88.8 Å². The number of hydrogen-bond acceptors (Lipinski definition) is 4. The van der Waals surface area contributed by atoms with E-state index in [0.717, 1.165) is 101 Å². The molecule has 2 fully saturated rings. The highest BCUT2D eigenvalue weighted by Crippen LogP contribution is 2.65. The first kappa shape index (κ1) is 36.7. The molecule has 1 spiro atoms. The van der Waals surface area contributed by atoms with Crippen molar-refractivity contribution < 1.29 is 27.4 Å². The first-order chi connectivity index (χ1) is 27.1. The Labute approximate surface area is 328 Å². The van der Waals surface area contributed by atoms with Gasteiger partial charge in [0, 0.05) is 46.3 Å². The highest BCUT2D eigenvalue weighted by Gasteiger charge is 2.52. The number of ether oxygens (including phenoxy) is 3. The fourth-order valence-electron chi connectivity index (χ4n) is 10.6. The third-order valence-corrected chi connectivity index (χ3v) is 14.0. The molecule has 0 radical (unpaired) electrons. The molecule has 9 rings (SSSR count). The summed E-state index contributed by atoms with van der Waals surface area (Å²) in [5.74, 6) is 1.83. The molecule has 290 valence electrons. The van der Waals surface area contributed by atoms with E-state index >= 15 is 0 Å². The minimum atomic E-state index is -4.46. The number of anilines is 1. The Kier molecular flexibility index (Phi) is 8.94. The second-order valence-electron chi connectivity index (χ2n) is 16.4. The summed E-state index contributed by atoms with van der Waals surface area (Å²) in [5, 5.41) is 1.72. The van der Waals surface area contributed by atoms with E-state index in [2.05, 4.69) is 67.3 Å². The van der Waals surface area contributed by atoms with Crippen molar-refractivity contribution >= 4 is 22.5 Å². The molecule has 4 aliphatic rings. The van der Waals surface area contributed by atoms with Gasteiger partial charge in [0.2, 0.25) is 0 Å². The van der Waals surface area contributed by atoms with Gasteiger partial charge in [0.05, 0.1) is 19.8 Å². The third-order valence-electron chi connectivity index (χ3n) is 14.0.